The van der Waals surface area contributed by atoms with Crippen LogP contribution in [-0.4, -0.2) is 56.3 Å². The molecule has 1 aliphatic heterocycles. The Kier molecular flexibility index (Phi) is 5.08. The van der Waals surface area contributed by atoms with Crippen molar-refractivity contribution in [3.63, 3.8) is 0 Å². The topological polar surface area (TPSA) is 83.7 Å². The first-order valence-electron chi connectivity index (χ1n) is 10.8. The molecule has 2 aliphatic rings. The fourth-order valence-electron chi connectivity index (χ4n) is 4.93. The van der Waals surface area contributed by atoms with Gasteiger partial charge in [0, 0.05) is 55.2 Å². The van der Waals surface area contributed by atoms with Gasteiger partial charge in [-0.2, -0.15) is 27.1 Å². The number of nitrogens with zero attached hydrogens (tertiary/aromatic N) is 4. The van der Waals surface area contributed by atoms with Gasteiger partial charge in [0.15, 0.2) is 0 Å². The number of carbonyl (C=O) groups excluding carboxylic acids is 2. The Morgan fingerprint density at radius 1 is 1.11 bits per heavy atom. The van der Waals surface area contributed by atoms with Gasteiger partial charge in [-0.1, -0.05) is 12.1 Å². The maximum atomic E-state index is 13.6. The highest BCUT2D eigenvalue weighted by molar-refractivity contribution is 6.00. The molecule has 1 saturated heterocycles. The van der Waals surface area contributed by atoms with Gasteiger partial charge >= 0.3 is 18.1 Å². The predicted molar refractivity (Wildman–Crippen MR) is 114 cm³/mol. The monoisotopic (exact) mass is 496 g/mol. The molecule has 186 valence electrons. The van der Waals surface area contributed by atoms with Crippen LogP contribution in [0.4, 0.5) is 32.4 Å². The quantitative estimate of drug-likeness (QED) is 0.540. The van der Waals surface area contributed by atoms with Crippen LogP contribution in [0.25, 0.3) is 5.65 Å². The lowest BCUT2D eigenvalue weighted by molar-refractivity contribution is -0.289. The number of alkyl halides is 5. The number of aromatic nitrogens is 3. The fourth-order valence-corrected chi connectivity index (χ4v) is 4.93. The van der Waals surface area contributed by atoms with Crippen molar-refractivity contribution in [1.29, 1.82) is 0 Å². The normalized spacial score (nSPS) is 17.8. The van der Waals surface area contributed by atoms with Gasteiger partial charge in [-0.3, -0.25) is 4.79 Å². The molecule has 1 aliphatic carbocycles. The molecule has 0 bridgehead atoms. The summed E-state index contributed by atoms with van der Waals surface area (Å²) in [5.74, 6) is -5.14. The molecule has 3 heterocycles. The number of aryl methyl sites for hydroxylation is 1. The number of benzene rings is 1. The van der Waals surface area contributed by atoms with Crippen molar-refractivity contribution in [1.82, 2.24) is 24.4 Å². The number of carbonyl (C=O) groups is 2. The molecule has 2 aromatic heterocycles. The van der Waals surface area contributed by atoms with Crippen LogP contribution < -0.4 is 10.6 Å². The van der Waals surface area contributed by atoms with Gasteiger partial charge < -0.3 is 20.1 Å². The summed E-state index contributed by atoms with van der Waals surface area (Å²) in [7, 11) is 1.83. The van der Waals surface area contributed by atoms with E-state index < -0.39 is 23.7 Å². The number of hydrogen-bond donors (Lipinski definition) is 2. The van der Waals surface area contributed by atoms with Crippen molar-refractivity contribution in [3.8, 4) is 0 Å². The van der Waals surface area contributed by atoms with Gasteiger partial charge in [0.2, 0.25) is 0 Å². The molecule has 1 spiro atoms. The van der Waals surface area contributed by atoms with Crippen LogP contribution in [0.5, 0.6) is 0 Å². The molecule has 1 saturated carbocycles. The first-order valence-corrected chi connectivity index (χ1v) is 10.8. The number of imidazole rings is 1. The first-order chi connectivity index (χ1) is 16.4. The second kappa shape index (κ2) is 7.68. The third kappa shape index (κ3) is 3.88. The summed E-state index contributed by atoms with van der Waals surface area (Å²) in [6, 6.07) is 2.62. The summed E-state index contributed by atoms with van der Waals surface area (Å²) in [6.07, 6.45) is 0.625. The number of hydrogen-bond acceptors (Lipinski definition) is 3. The van der Waals surface area contributed by atoms with Crippen LogP contribution in [0.2, 0.25) is 0 Å². The standard InChI is InChI=1S/C22H21F5N6O2/c1-31-5-6-33-17(31)16(10-28-33)18(34)32-11-20(12-32)8-15(9-20)30-19(35)29-14-4-2-3-13(7-14)21(23,24)22(25,26)27/h2-7,10,15H,8-9,11-12H2,1H3,(H2,29,30,35). The molecule has 3 aromatic rings. The maximum absolute atomic E-state index is 13.6. The Morgan fingerprint density at radius 2 is 1.83 bits per heavy atom. The largest absolute Gasteiger partial charge is 0.458 e. The van der Waals surface area contributed by atoms with E-state index in [1.807, 2.05) is 17.8 Å². The third-order valence-corrected chi connectivity index (χ3v) is 6.64. The highest BCUT2D eigenvalue weighted by Crippen LogP contribution is 2.49. The van der Waals surface area contributed by atoms with Crippen LogP contribution in [0, 0.1) is 5.41 Å². The van der Waals surface area contributed by atoms with Crippen molar-refractivity contribution < 1.29 is 31.5 Å². The van der Waals surface area contributed by atoms with E-state index in [2.05, 4.69) is 15.7 Å². The second-order valence-corrected chi connectivity index (χ2v) is 9.25. The molecule has 5 rings (SSSR count). The van der Waals surface area contributed by atoms with E-state index in [1.165, 1.54) is 12.3 Å². The highest BCUT2D eigenvalue weighted by Gasteiger charge is 2.58. The van der Waals surface area contributed by atoms with E-state index in [9.17, 15) is 31.5 Å². The Balaban J connectivity index is 1.12. The van der Waals surface area contributed by atoms with Crippen molar-refractivity contribution >= 4 is 23.3 Å². The molecular weight excluding hydrogens is 475 g/mol. The summed E-state index contributed by atoms with van der Waals surface area (Å²) in [5.41, 5.74) is -0.304. The van der Waals surface area contributed by atoms with Crippen molar-refractivity contribution in [3.05, 3.63) is 54.0 Å². The lowest BCUT2D eigenvalue weighted by Crippen LogP contribution is -2.67. The molecule has 2 N–H and O–H groups in total. The van der Waals surface area contributed by atoms with Crippen molar-refractivity contribution in [2.75, 3.05) is 18.4 Å². The molecule has 2 fully saturated rings. The fraction of sp³-hybridized carbons (Fsp3) is 0.409. The van der Waals surface area contributed by atoms with E-state index in [4.69, 9.17) is 0 Å². The number of rotatable bonds is 4. The van der Waals surface area contributed by atoms with E-state index in [0.29, 0.717) is 49.3 Å². The van der Waals surface area contributed by atoms with E-state index in [1.54, 1.807) is 15.6 Å². The third-order valence-electron chi connectivity index (χ3n) is 6.64. The van der Waals surface area contributed by atoms with Crippen LogP contribution in [0.3, 0.4) is 0 Å². The Morgan fingerprint density at radius 3 is 2.51 bits per heavy atom. The number of fused-ring (bicyclic) bond motifs is 1. The Labute approximate surface area is 195 Å². The summed E-state index contributed by atoms with van der Waals surface area (Å²) in [5, 5.41) is 9.18. The van der Waals surface area contributed by atoms with Gasteiger partial charge in [0.1, 0.15) is 11.2 Å². The molecule has 0 unspecified atom stereocenters. The SMILES string of the molecule is Cn1ccn2ncc(C(=O)N3CC4(CC(NC(=O)Nc5cccc(C(F)(F)C(F)(F)F)c5)C4)C3)c12. The number of anilines is 1. The Hall–Kier alpha value is -3.64. The summed E-state index contributed by atoms with van der Waals surface area (Å²) in [6.45, 7) is 1.09. The van der Waals surface area contributed by atoms with E-state index in [0.717, 1.165) is 6.07 Å². The van der Waals surface area contributed by atoms with Gasteiger partial charge in [-0.25, -0.2) is 9.31 Å². The molecule has 8 nitrogen and oxygen atoms in total. The molecule has 35 heavy (non-hydrogen) atoms. The smallest absolute Gasteiger partial charge is 0.337 e. The minimum absolute atomic E-state index is 0.0945. The first kappa shape index (κ1) is 23.1. The summed E-state index contributed by atoms with van der Waals surface area (Å²) in [4.78, 5) is 26.8. The average molecular weight is 496 g/mol. The molecule has 0 radical (unpaired) electrons. The lowest BCUT2D eigenvalue weighted by atomic mass is 9.60. The van der Waals surface area contributed by atoms with E-state index in [-0.39, 0.29) is 23.1 Å². The number of halogens is 5. The summed E-state index contributed by atoms with van der Waals surface area (Å²) < 4.78 is 68.4. The lowest BCUT2D eigenvalue weighted by Gasteiger charge is -2.58. The number of nitrogens with one attached hydrogen (secondary N) is 2. The van der Waals surface area contributed by atoms with Crippen LogP contribution in [0.15, 0.2) is 42.9 Å². The maximum Gasteiger partial charge on any atom is 0.458 e. The molecule has 3 amide bonds. The molecule has 0 atom stereocenters. The minimum Gasteiger partial charge on any atom is -0.337 e. The van der Waals surface area contributed by atoms with Crippen LogP contribution >= 0.6 is 0 Å². The Bertz CT molecular complexity index is 1300. The van der Waals surface area contributed by atoms with Crippen LogP contribution in [0.1, 0.15) is 28.8 Å². The van der Waals surface area contributed by atoms with Gasteiger partial charge in [-0.05, 0) is 25.0 Å². The van der Waals surface area contributed by atoms with Crippen molar-refractivity contribution in [2.24, 2.45) is 12.5 Å². The highest BCUT2D eigenvalue weighted by atomic mass is 19.4. The average Bonchev–Trinajstić information content (AvgIpc) is 3.30. The van der Waals surface area contributed by atoms with Crippen molar-refractivity contribution in [2.45, 2.75) is 31.0 Å². The summed E-state index contributed by atoms with van der Waals surface area (Å²) >= 11 is 0. The predicted octanol–water partition coefficient (Wildman–Crippen LogP) is 3.75. The van der Waals surface area contributed by atoms with Gasteiger partial charge in [0.25, 0.3) is 5.91 Å². The van der Waals surface area contributed by atoms with Crippen LogP contribution in [-0.2, 0) is 13.0 Å². The number of urea groups is 1. The zero-order valence-corrected chi connectivity index (χ0v) is 18.4. The zero-order valence-electron chi connectivity index (χ0n) is 18.4. The zero-order chi connectivity index (χ0) is 25.2. The molecular formula is C22H21F5N6O2. The van der Waals surface area contributed by atoms with Gasteiger partial charge in [-0.15, -0.1) is 0 Å². The number of amides is 3. The minimum atomic E-state index is -5.74. The molecule has 1 aromatic carbocycles. The van der Waals surface area contributed by atoms with Gasteiger partial charge in [0.05, 0.1) is 6.20 Å². The number of likely N-dealkylation sites (tertiary alicyclic amines) is 1. The molecule has 13 heteroatoms. The second-order valence-electron chi connectivity index (χ2n) is 9.25. The van der Waals surface area contributed by atoms with E-state index >= 15 is 0 Å².